The summed E-state index contributed by atoms with van der Waals surface area (Å²) < 4.78 is 0. The van der Waals surface area contributed by atoms with E-state index in [0.29, 0.717) is 5.75 Å². The maximum Gasteiger partial charge on any atom is 0.118 e. The summed E-state index contributed by atoms with van der Waals surface area (Å²) in [6, 6.07) is 6.22. The lowest BCUT2D eigenvalue weighted by atomic mass is 10.00. The fraction of sp³-hybridized carbons (Fsp3) is 0.760. The predicted molar refractivity (Wildman–Crippen MR) is 116 cm³/mol. The van der Waals surface area contributed by atoms with Crippen molar-refractivity contribution < 1.29 is 5.11 Å². The van der Waals surface area contributed by atoms with Crippen LogP contribution in [0.2, 0.25) is 0 Å². The minimum atomic E-state index is 0.479. The van der Waals surface area contributed by atoms with Gasteiger partial charge in [0.1, 0.15) is 5.75 Å². The van der Waals surface area contributed by atoms with Gasteiger partial charge in [-0.25, -0.2) is 0 Å². The third-order valence-corrected chi connectivity index (χ3v) is 5.51. The molecule has 1 aromatic carbocycles. The van der Waals surface area contributed by atoms with E-state index in [4.69, 9.17) is 0 Å². The molecule has 0 spiro atoms. The normalized spacial score (nSPS) is 11.2. The minimum Gasteiger partial charge on any atom is -0.508 e. The molecule has 0 saturated heterocycles. The van der Waals surface area contributed by atoms with Crippen molar-refractivity contribution >= 4 is 0 Å². The second-order valence-corrected chi connectivity index (χ2v) is 8.06. The van der Waals surface area contributed by atoms with Crippen LogP contribution in [0.3, 0.4) is 0 Å². The van der Waals surface area contributed by atoms with Crippen LogP contribution in [0.25, 0.3) is 0 Å². The third-order valence-electron chi connectivity index (χ3n) is 5.51. The Balaban J connectivity index is 1.97. The zero-order chi connectivity index (χ0) is 18.9. The van der Waals surface area contributed by atoms with E-state index in [9.17, 15) is 5.11 Å². The molecule has 0 radical (unpaired) electrons. The van der Waals surface area contributed by atoms with E-state index in [1.165, 1.54) is 95.5 Å². The van der Waals surface area contributed by atoms with Gasteiger partial charge in [-0.1, -0.05) is 109 Å². The summed E-state index contributed by atoms with van der Waals surface area (Å²) in [6.07, 6.45) is 22.8. The van der Waals surface area contributed by atoms with Crippen molar-refractivity contribution in [3.63, 3.8) is 0 Å². The van der Waals surface area contributed by atoms with Gasteiger partial charge in [0.05, 0.1) is 0 Å². The molecule has 1 aromatic rings. The summed E-state index contributed by atoms with van der Waals surface area (Å²) in [5, 5.41) is 9.95. The molecule has 0 aromatic heterocycles. The molecule has 0 atom stereocenters. The summed E-state index contributed by atoms with van der Waals surface area (Å²) in [7, 11) is 0. The van der Waals surface area contributed by atoms with Crippen LogP contribution < -0.4 is 0 Å². The summed E-state index contributed by atoms with van der Waals surface area (Å²) in [6.45, 7) is 4.49. The molecule has 1 nitrogen and oxygen atoms in total. The van der Waals surface area contributed by atoms with Gasteiger partial charge in [-0.3, -0.25) is 0 Å². The number of benzene rings is 1. The first-order chi connectivity index (χ1) is 12.8. The van der Waals surface area contributed by atoms with Gasteiger partial charge >= 0.3 is 0 Å². The van der Waals surface area contributed by atoms with Crippen molar-refractivity contribution in [3.8, 4) is 5.75 Å². The smallest absolute Gasteiger partial charge is 0.118 e. The Morgan fingerprint density at radius 3 is 1.62 bits per heavy atom. The summed E-state index contributed by atoms with van der Waals surface area (Å²) in [5.41, 5.74) is 2.54. The van der Waals surface area contributed by atoms with E-state index >= 15 is 0 Å². The van der Waals surface area contributed by atoms with Gasteiger partial charge in [0.15, 0.2) is 0 Å². The highest BCUT2D eigenvalue weighted by Gasteiger charge is 2.03. The van der Waals surface area contributed by atoms with Crippen molar-refractivity contribution in [3.05, 3.63) is 29.3 Å². The van der Waals surface area contributed by atoms with Gasteiger partial charge in [0.25, 0.3) is 0 Å². The SMILES string of the molecule is CCCCCCCCCCCCCCCc1ccc(O)c(CCCC)c1. The largest absolute Gasteiger partial charge is 0.508 e. The molecule has 1 N–H and O–H groups in total. The molecule has 0 heterocycles. The third kappa shape index (κ3) is 11.6. The summed E-state index contributed by atoms with van der Waals surface area (Å²) in [5.74, 6) is 0.479. The Morgan fingerprint density at radius 2 is 1.08 bits per heavy atom. The van der Waals surface area contributed by atoms with Gasteiger partial charge < -0.3 is 5.11 Å². The van der Waals surface area contributed by atoms with Crippen LogP contribution in [0.1, 0.15) is 121 Å². The number of hydrogen-bond acceptors (Lipinski definition) is 1. The first kappa shape index (κ1) is 23.1. The number of phenolic OH excluding ortho intramolecular Hbond substituents is 1. The minimum absolute atomic E-state index is 0.479. The Bertz CT molecular complexity index is 438. The highest BCUT2D eigenvalue weighted by Crippen LogP contribution is 2.22. The lowest BCUT2D eigenvalue weighted by molar-refractivity contribution is 0.466. The van der Waals surface area contributed by atoms with Crippen LogP contribution in [0.4, 0.5) is 0 Å². The molecule has 0 fully saturated rings. The second kappa shape index (κ2) is 16.2. The van der Waals surface area contributed by atoms with Crippen molar-refractivity contribution in [2.45, 2.75) is 123 Å². The van der Waals surface area contributed by atoms with E-state index < -0.39 is 0 Å². The maximum atomic E-state index is 9.95. The Hall–Kier alpha value is -0.980. The number of unbranched alkanes of at least 4 members (excludes halogenated alkanes) is 13. The molecule has 0 aliphatic carbocycles. The lowest BCUT2D eigenvalue weighted by Crippen LogP contribution is -1.91. The van der Waals surface area contributed by atoms with Gasteiger partial charge in [0.2, 0.25) is 0 Å². The average molecular weight is 361 g/mol. The Kier molecular flexibility index (Phi) is 14.4. The van der Waals surface area contributed by atoms with Gasteiger partial charge in [0, 0.05) is 0 Å². The standard InChI is InChI=1S/C25H44O/c1-3-5-7-8-9-10-11-12-13-14-15-16-17-18-23-20-21-25(26)24(22-23)19-6-4-2/h20-22,26H,3-19H2,1-2H3. The van der Waals surface area contributed by atoms with Crippen LogP contribution in [0.15, 0.2) is 18.2 Å². The van der Waals surface area contributed by atoms with E-state index in [-0.39, 0.29) is 0 Å². The molecule has 0 saturated carbocycles. The molecular weight excluding hydrogens is 316 g/mol. The number of aryl methyl sites for hydroxylation is 2. The van der Waals surface area contributed by atoms with Gasteiger partial charge in [-0.2, -0.15) is 0 Å². The van der Waals surface area contributed by atoms with Gasteiger partial charge in [-0.15, -0.1) is 0 Å². The van der Waals surface area contributed by atoms with Gasteiger partial charge in [-0.05, 0) is 42.9 Å². The molecule has 150 valence electrons. The quantitative estimate of drug-likeness (QED) is 0.277. The molecular formula is C25H44O. The Labute approximate surface area is 163 Å². The monoisotopic (exact) mass is 360 g/mol. The van der Waals surface area contributed by atoms with E-state index in [0.717, 1.165) is 24.8 Å². The highest BCUT2D eigenvalue weighted by molar-refractivity contribution is 5.36. The predicted octanol–water partition coefficient (Wildman–Crippen LogP) is 8.37. The zero-order valence-corrected chi connectivity index (χ0v) is 17.7. The van der Waals surface area contributed by atoms with E-state index in [1.54, 1.807) is 0 Å². The number of hydrogen-bond donors (Lipinski definition) is 1. The first-order valence-electron chi connectivity index (χ1n) is 11.6. The molecule has 1 rings (SSSR count). The van der Waals surface area contributed by atoms with Crippen molar-refractivity contribution in [2.75, 3.05) is 0 Å². The second-order valence-electron chi connectivity index (χ2n) is 8.06. The Morgan fingerprint density at radius 1 is 0.577 bits per heavy atom. The molecule has 26 heavy (non-hydrogen) atoms. The number of rotatable bonds is 17. The fourth-order valence-electron chi connectivity index (χ4n) is 3.71. The summed E-state index contributed by atoms with van der Waals surface area (Å²) in [4.78, 5) is 0. The average Bonchev–Trinajstić information content (AvgIpc) is 2.65. The molecule has 0 amide bonds. The fourth-order valence-corrected chi connectivity index (χ4v) is 3.71. The van der Waals surface area contributed by atoms with Crippen molar-refractivity contribution in [1.29, 1.82) is 0 Å². The first-order valence-corrected chi connectivity index (χ1v) is 11.6. The molecule has 0 aliphatic rings. The van der Waals surface area contributed by atoms with Crippen molar-refractivity contribution in [1.82, 2.24) is 0 Å². The topological polar surface area (TPSA) is 20.2 Å². The van der Waals surface area contributed by atoms with Crippen LogP contribution >= 0.6 is 0 Å². The molecule has 0 bridgehead atoms. The lowest BCUT2D eigenvalue weighted by Gasteiger charge is -2.08. The van der Waals surface area contributed by atoms with E-state index in [2.05, 4.69) is 26.0 Å². The highest BCUT2D eigenvalue weighted by atomic mass is 16.3. The number of phenols is 1. The number of aromatic hydroxyl groups is 1. The van der Waals surface area contributed by atoms with Crippen LogP contribution in [0.5, 0.6) is 5.75 Å². The summed E-state index contributed by atoms with van der Waals surface area (Å²) >= 11 is 0. The van der Waals surface area contributed by atoms with Crippen LogP contribution in [0, 0.1) is 0 Å². The zero-order valence-electron chi connectivity index (χ0n) is 17.7. The van der Waals surface area contributed by atoms with Crippen molar-refractivity contribution in [2.24, 2.45) is 0 Å². The van der Waals surface area contributed by atoms with Crippen LogP contribution in [-0.4, -0.2) is 5.11 Å². The molecule has 0 aliphatic heterocycles. The maximum absolute atomic E-state index is 9.95. The van der Waals surface area contributed by atoms with E-state index in [1.807, 2.05) is 6.07 Å². The molecule has 0 unspecified atom stereocenters. The van der Waals surface area contributed by atoms with Crippen LogP contribution in [-0.2, 0) is 12.8 Å². The molecule has 1 heteroatoms.